The zero-order valence-corrected chi connectivity index (χ0v) is 18.9. The lowest BCUT2D eigenvalue weighted by molar-refractivity contribution is 0.0695. The molecule has 5 rings (SSSR count). The molecule has 174 valence electrons. The number of carboxylic acid groups (broad SMARTS) is 1. The number of benzene rings is 3. The van der Waals surface area contributed by atoms with Gasteiger partial charge in [-0.25, -0.2) is 9.18 Å². The average Bonchev–Trinajstić information content (AvgIpc) is 2.80. The Kier molecular flexibility index (Phi) is 5.45. The number of halogens is 1. The van der Waals surface area contributed by atoms with Gasteiger partial charge in [-0.2, -0.15) is 0 Å². The summed E-state index contributed by atoms with van der Waals surface area (Å²) in [6.07, 6.45) is 3.05. The van der Waals surface area contributed by atoms with Gasteiger partial charge in [0.25, 0.3) is 0 Å². The van der Waals surface area contributed by atoms with Gasteiger partial charge in [0.05, 0.1) is 11.1 Å². The predicted molar refractivity (Wildman–Crippen MR) is 130 cm³/mol. The van der Waals surface area contributed by atoms with Crippen molar-refractivity contribution in [2.24, 2.45) is 0 Å². The zero-order valence-electron chi connectivity index (χ0n) is 18.9. The number of ether oxygens (including phenoxy) is 1. The van der Waals surface area contributed by atoms with Crippen molar-refractivity contribution in [3.05, 3.63) is 70.3 Å². The van der Waals surface area contributed by atoms with Crippen molar-refractivity contribution in [2.75, 3.05) is 32.5 Å². The SMILES string of the molecule is CN(C)CCCCNc1c(F)cc2c(=O)c(C(=O)O)cn3c2c1Oc1cc2ccccc2cc1-3. The fraction of sp³-hybridized carbons (Fsp3) is 0.231. The molecule has 7 nitrogen and oxygen atoms in total. The highest BCUT2D eigenvalue weighted by molar-refractivity contribution is 6.00. The highest BCUT2D eigenvalue weighted by atomic mass is 19.1. The number of hydrogen-bond acceptors (Lipinski definition) is 5. The lowest BCUT2D eigenvalue weighted by Gasteiger charge is -2.26. The van der Waals surface area contributed by atoms with Crippen LogP contribution in [0.5, 0.6) is 11.5 Å². The molecule has 0 aliphatic carbocycles. The summed E-state index contributed by atoms with van der Waals surface area (Å²) in [4.78, 5) is 26.8. The maximum absolute atomic E-state index is 15.3. The Morgan fingerprint density at radius 3 is 2.59 bits per heavy atom. The van der Waals surface area contributed by atoms with Gasteiger partial charge in [-0.05, 0) is 62.5 Å². The molecule has 0 radical (unpaired) electrons. The Morgan fingerprint density at radius 2 is 1.88 bits per heavy atom. The van der Waals surface area contributed by atoms with E-state index < -0.39 is 22.8 Å². The molecule has 4 aromatic rings. The third-order valence-corrected chi connectivity index (χ3v) is 6.06. The summed E-state index contributed by atoms with van der Waals surface area (Å²) < 4.78 is 23.1. The van der Waals surface area contributed by atoms with Gasteiger partial charge in [-0.1, -0.05) is 24.3 Å². The number of unbranched alkanes of at least 4 members (excludes halogenated alkanes) is 1. The minimum Gasteiger partial charge on any atom is -0.477 e. The molecule has 8 heteroatoms. The predicted octanol–water partition coefficient (Wildman–Crippen LogP) is 4.84. The number of aromatic carboxylic acids is 1. The summed E-state index contributed by atoms with van der Waals surface area (Å²) >= 11 is 0. The Morgan fingerprint density at radius 1 is 1.15 bits per heavy atom. The van der Waals surface area contributed by atoms with E-state index in [0.717, 1.165) is 36.2 Å². The molecule has 2 heterocycles. The second kappa shape index (κ2) is 8.46. The van der Waals surface area contributed by atoms with Gasteiger partial charge < -0.3 is 24.6 Å². The molecular weight excluding hydrogens is 437 g/mol. The van der Waals surface area contributed by atoms with E-state index in [1.54, 1.807) is 4.57 Å². The van der Waals surface area contributed by atoms with E-state index >= 15 is 4.39 Å². The Labute approximate surface area is 195 Å². The summed E-state index contributed by atoms with van der Waals surface area (Å²) in [7, 11) is 4.00. The normalized spacial score (nSPS) is 12.1. The van der Waals surface area contributed by atoms with Crippen molar-refractivity contribution in [2.45, 2.75) is 12.8 Å². The number of fused-ring (bicyclic) bond motifs is 3. The molecule has 3 aromatic carbocycles. The number of anilines is 1. The highest BCUT2D eigenvalue weighted by Gasteiger charge is 2.28. The van der Waals surface area contributed by atoms with E-state index in [2.05, 4.69) is 10.2 Å². The smallest absolute Gasteiger partial charge is 0.341 e. The number of carbonyl (C=O) groups is 1. The number of aromatic nitrogens is 1. The Bertz CT molecular complexity index is 1510. The number of nitrogens with zero attached hydrogens (tertiary/aromatic N) is 2. The van der Waals surface area contributed by atoms with E-state index in [1.807, 2.05) is 50.5 Å². The number of carboxylic acids is 1. The van der Waals surface area contributed by atoms with Crippen LogP contribution >= 0.6 is 0 Å². The first-order valence-corrected chi connectivity index (χ1v) is 11.1. The number of nitrogens with one attached hydrogen (secondary N) is 1. The van der Waals surface area contributed by atoms with Crippen LogP contribution in [0.1, 0.15) is 23.2 Å². The van der Waals surface area contributed by atoms with Crippen molar-refractivity contribution >= 4 is 33.3 Å². The van der Waals surface area contributed by atoms with E-state index in [-0.39, 0.29) is 16.8 Å². The first-order valence-electron chi connectivity index (χ1n) is 11.1. The standard InChI is InChI=1S/C26H24FN3O4/c1-29(2)10-6-5-9-28-22-19(27)13-17-23-25(22)34-21-12-16-8-4-3-7-15(16)11-20(21)30(23)14-18(24(17)31)26(32)33/h3-4,7-8,11-14,28H,5-6,9-10H2,1-2H3,(H,32,33). The van der Waals surface area contributed by atoms with Gasteiger partial charge in [0.15, 0.2) is 17.3 Å². The van der Waals surface area contributed by atoms with Crippen LogP contribution in [0, 0.1) is 5.82 Å². The summed E-state index contributed by atoms with van der Waals surface area (Å²) in [5, 5.41) is 14.6. The maximum atomic E-state index is 15.3. The van der Waals surface area contributed by atoms with Gasteiger partial charge in [-0.3, -0.25) is 4.79 Å². The highest BCUT2D eigenvalue weighted by Crippen LogP contribution is 2.46. The van der Waals surface area contributed by atoms with Crippen molar-refractivity contribution in [3.8, 4) is 17.2 Å². The molecule has 0 unspecified atom stereocenters. The molecule has 0 spiro atoms. The van der Waals surface area contributed by atoms with Crippen LogP contribution < -0.4 is 15.5 Å². The van der Waals surface area contributed by atoms with Crippen LogP contribution in [-0.2, 0) is 0 Å². The van der Waals surface area contributed by atoms with Gasteiger partial charge in [-0.15, -0.1) is 0 Å². The van der Waals surface area contributed by atoms with Gasteiger partial charge in [0, 0.05) is 12.7 Å². The summed E-state index contributed by atoms with van der Waals surface area (Å²) in [5.74, 6) is -1.40. The number of pyridine rings is 1. The first kappa shape index (κ1) is 21.9. The molecule has 0 saturated carbocycles. The van der Waals surface area contributed by atoms with Crippen molar-refractivity contribution in [1.29, 1.82) is 0 Å². The van der Waals surface area contributed by atoms with E-state index in [4.69, 9.17) is 4.74 Å². The van der Waals surface area contributed by atoms with Crippen LogP contribution in [0.4, 0.5) is 10.1 Å². The minimum absolute atomic E-state index is 0.0376. The Balaban J connectivity index is 1.71. The van der Waals surface area contributed by atoms with E-state index in [9.17, 15) is 14.7 Å². The summed E-state index contributed by atoms with van der Waals surface area (Å²) in [6, 6.07) is 12.5. The van der Waals surface area contributed by atoms with Crippen LogP contribution in [-0.4, -0.2) is 47.7 Å². The monoisotopic (exact) mass is 461 g/mol. The lowest BCUT2D eigenvalue weighted by atomic mass is 10.0. The van der Waals surface area contributed by atoms with Crippen molar-refractivity contribution in [1.82, 2.24) is 9.47 Å². The second-order valence-electron chi connectivity index (χ2n) is 8.71. The molecular formula is C26H24FN3O4. The minimum atomic E-state index is -1.37. The van der Waals surface area contributed by atoms with Gasteiger partial charge in [0.2, 0.25) is 5.43 Å². The number of hydrogen-bond donors (Lipinski definition) is 2. The fourth-order valence-corrected chi connectivity index (χ4v) is 4.39. The topological polar surface area (TPSA) is 83.8 Å². The molecule has 1 aliphatic heterocycles. The lowest BCUT2D eigenvalue weighted by Crippen LogP contribution is -2.21. The molecule has 0 saturated heterocycles. The van der Waals surface area contributed by atoms with Crippen LogP contribution in [0.3, 0.4) is 0 Å². The second-order valence-corrected chi connectivity index (χ2v) is 8.71. The molecule has 2 N–H and O–H groups in total. The number of rotatable bonds is 7. The van der Waals surface area contributed by atoms with Crippen LogP contribution in [0.25, 0.3) is 27.4 Å². The molecule has 0 fully saturated rings. The molecule has 0 bridgehead atoms. The van der Waals surface area contributed by atoms with Crippen molar-refractivity contribution < 1.29 is 19.0 Å². The molecule has 34 heavy (non-hydrogen) atoms. The third-order valence-electron chi connectivity index (χ3n) is 6.06. The third kappa shape index (κ3) is 3.66. The zero-order chi connectivity index (χ0) is 24.0. The van der Waals surface area contributed by atoms with Crippen molar-refractivity contribution in [3.63, 3.8) is 0 Å². The van der Waals surface area contributed by atoms with Gasteiger partial charge >= 0.3 is 5.97 Å². The van der Waals surface area contributed by atoms with Crippen LogP contribution in [0.2, 0.25) is 0 Å². The summed E-state index contributed by atoms with van der Waals surface area (Å²) in [6.45, 7) is 1.44. The molecule has 1 aliphatic rings. The fourth-order valence-electron chi connectivity index (χ4n) is 4.39. The average molecular weight is 461 g/mol. The molecule has 0 amide bonds. The molecule has 1 aromatic heterocycles. The quantitative estimate of drug-likeness (QED) is 0.338. The first-order chi connectivity index (χ1) is 16.3. The maximum Gasteiger partial charge on any atom is 0.341 e. The van der Waals surface area contributed by atoms with E-state index in [0.29, 0.717) is 23.5 Å². The summed E-state index contributed by atoms with van der Waals surface area (Å²) in [5.41, 5.74) is -0.0860. The largest absolute Gasteiger partial charge is 0.477 e. The van der Waals surface area contributed by atoms with Gasteiger partial charge in [0.1, 0.15) is 16.8 Å². The van der Waals surface area contributed by atoms with E-state index in [1.165, 1.54) is 6.20 Å². The Hall–Kier alpha value is -3.91. The molecule has 0 atom stereocenters. The van der Waals surface area contributed by atoms with Crippen LogP contribution in [0.15, 0.2) is 53.5 Å².